The maximum atomic E-state index is 13.4. The van der Waals surface area contributed by atoms with Gasteiger partial charge in [0.1, 0.15) is 11.9 Å². The Bertz CT molecular complexity index is 517. The summed E-state index contributed by atoms with van der Waals surface area (Å²) >= 11 is 0. The molecule has 1 saturated heterocycles. The Morgan fingerprint density at radius 2 is 2.05 bits per heavy atom. The fourth-order valence-electron chi connectivity index (χ4n) is 2.73. The number of halogens is 1. The molecule has 5 nitrogen and oxygen atoms in total. The molecule has 0 radical (unpaired) electrons. The van der Waals surface area contributed by atoms with Crippen LogP contribution in [0.5, 0.6) is 0 Å². The van der Waals surface area contributed by atoms with Crippen molar-refractivity contribution in [1.82, 2.24) is 4.90 Å². The normalized spacial score (nSPS) is 23.2. The number of benzene rings is 1. The molecule has 1 aromatic rings. The molecule has 1 amide bonds. The highest BCUT2D eigenvalue weighted by molar-refractivity contribution is 6.04. The second kappa shape index (κ2) is 5.47. The predicted molar refractivity (Wildman–Crippen MR) is 72.9 cm³/mol. The number of carbonyl (C=O) groups excluding carboxylic acids is 1. The molecule has 108 valence electrons. The van der Waals surface area contributed by atoms with E-state index in [-0.39, 0.29) is 11.7 Å². The van der Waals surface area contributed by atoms with Gasteiger partial charge in [-0.1, -0.05) is 6.07 Å². The minimum absolute atomic E-state index is 0.154. The molecule has 0 aliphatic carbocycles. The molecule has 2 N–H and O–H groups in total. The zero-order valence-corrected chi connectivity index (χ0v) is 11.2. The number of hydrogen-bond donors (Lipinski definition) is 1. The van der Waals surface area contributed by atoms with Gasteiger partial charge < -0.3 is 15.4 Å². The first-order valence-corrected chi connectivity index (χ1v) is 6.83. The number of fused-ring (bicyclic) bond motifs is 1. The number of nitrogens with two attached hydrogens (primary N) is 1. The molecule has 2 heterocycles. The first kappa shape index (κ1) is 13.5. The highest BCUT2D eigenvalue weighted by Crippen LogP contribution is 2.34. The summed E-state index contributed by atoms with van der Waals surface area (Å²) in [5, 5.41) is 0. The van der Waals surface area contributed by atoms with Crippen LogP contribution in [0, 0.1) is 5.82 Å². The largest absolute Gasteiger partial charge is 0.379 e. The van der Waals surface area contributed by atoms with E-state index in [1.165, 1.54) is 12.1 Å². The minimum atomic E-state index is -0.671. The van der Waals surface area contributed by atoms with E-state index < -0.39 is 6.04 Å². The number of ether oxygens (including phenoxy) is 1. The molecule has 0 saturated carbocycles. The van der Waals surface area contributed by atoms with Gasteiger partial charge in [0, 0.05) is 31.7 Å². The smallest absolute Gasteiger partial charge is 0.248 e. The summed E-state index contributed by atoms with van der Waals surface area (Å²) in [6, 6.07) is 3.66. The molecule has 1 atom stereocenters. The molecule has 1 unspecified atom stereocenters. The quantitative estimate of drug-likeness (QED) is 0.875. The van der Waals surface area contributed by atoms with E-state index in [9.17, 15) is 9.18 Å². The number of anilines is 1. The molecule has 3 rings (SSSR count). The average Bonchev–Trinajstić information content (AvgIpc) is 2.70. The Kier molecular flexibility index (Phi) is 3.69. The Balaban J connectivity index is 1.73. The van der Waals surface area contributed by atoms with Crippen LogP contribution in [0.3, 0.4) is 0 Å². The molecule has 20 heavy (non-hydrogen) atoms. The van der Waals surface area contributed by atoms with Crippen LogP contribution >= 0.6 is 0 Å². The number of morpholine rings is 1. The third-order valence-electron chi connectivity index (χ3n) is 3.89. The van der Waals surface area contributed by atoms with Crippen LogP contribution in [0.2, 0.25) is 0 Å². The van der Waals surface area contributed by atoms with Crippen LogP contribution < -0.4 is 10.6 Å². The monoisotopic (exact) mass is 279 g/mol. The Morgan fingerprint density at radius 1 is 1.30 bits per heavy atom. The maximum absolute atomic E-state index is 13.4. The van der Waals surface area contributed by atoms with Gasteiger partial charge in [-0.2, -0.15) is 0 Å². The summed E-state index contributed by atoms with van der Waals surface area (Å²) in [6.07, 6.45) is 0. The SMILES string of the molecule is NC1C(=O)N(CCN2CCOCC2)c2cc(F)ccc21. The molecule has 1 fully saturated rings. The first-order chi connectivity index (χ1) is 9.66. The lowest BCUT2D eigenvalue weighted by molar-refractivity contribution is -0.119. The van der Waals surface area contributed by atoms with Gasteiger partial charge >= 0.3 is 0 Å². The molecule has 0 aromatic heterocycles. The summed E-state index contributed by atoms with van der Waals surface area (Å²) in [5.41, 5.74) is 7.21. The first-order valence-electron chi connectivity index (χ1n) is 6.83. The summed E-state index contributed by atoms with van der Waals surface area (Å²) < 4.78 is 18.7. The molecule has 2 aliphatic heterocycles. The van der Waals surface area contributed by atoms with Crippen LogP contribution in [-0.4, -0.2) is 50.2 Å². The van der Waals surface area contributed by atoms with Gasteiger partial charge in [-0.15, -0.1) is 0 Å². The summed E-state index contributed by atoms with van der Waals surface area (Å²) in [5.74, 6) is -0.499. The highest BCUT2D eigenvalue weighted by Gasteiger charge is 2.34. The van der Waals surface area contributed by atoms with Crippen molar-refractivity contribution < 1.29 is 13.9 Å². The lowest BCUT2D eigenvalue weighted by Gasteiger charge is -2.28. The highest BCUT2D eigenvalue weighted by atomic mass is 19.1. The zero-order chi connectivity index (χ0) is 14.1. The van der Waals surface area contributed by atoms with E-state index in [0.29, 0.717) is 17.8 Å². The molecular weight excluding hydrogens is 261 g/mol. The van der Waals surface area contributed by atoms with Crippen molar-refractivity contribution >= 4 is 11.6 Å². The van der Waals surface area contributed by atoms with Crippen LogP contribution in [-0.2, 0) is 9.53 Å². The second-order valence-electron chi connectivity index (χ2n) is 5.12. The second-order valence-corrected chi connectivity index (χ2v) is 5.12. The molecule has 0 spiro atoms. The van der Waals surface area contributed by atoms with Crippen molar-refractivity contribution in [3.63, 3.8) is 0 Å². The van der Waals surface area contributed by atoms with Gasteiger partial charge in [0.2, 0.25) is 5.91 Å². The zero-order valence-electron chi connectivity index (χ0n) is 11.2. The number of amides is 1. The van der Waals surface area contributed by atoms with Gasteiger partial charge in [-0.25, -0.2) is 4.39 Å². The van der Waals surface area contributed by atoms with E-state index in [4.69, 9.17) is 10.5 Å². The van der Waals surface area contributed by atoms with Gasteiger partial charge in [0.05, 0.1) is 18.9 Å². The molecule has 2 aliphatic rings. The molecule has 6 heteroatoms. The Hall–Kier alpha value is -1.50. The van der Waals surface area contributed by atoms with Gasteiger partial charge in [0.15, 0.2) is 0 Å². The fourth-order valence-corrected chi connectivity index (χ4v) is 2.73. The molecular formula is C14H18FN3O2. The van der Waals surface area contributed by atoms with Crippen molar-refractivity contribution in [3.8, 4) is 0 Å². The Morgan fingerprint density at radius 3 is 2.80 bits per heavy atom. The standard InChI is InChI=1S/C14H18FN3O2/c15-10-1-2-11-12(9-10)18(14(19)13(11)16)4-3-17-5-7-20-8-6-17/h1-2,9,13H,3-8,16H2. The summed E-state index contributed by atoms with van der Waals surface area (Å²) in [6.45, 7) is 4.45. The minimum Gasteiger partial charge on any atom is -0.379 e. The fraction of sp³-hybridized carbons (Fsp3) is 0.500. The van der Waals surface area contributed by atoms with Crippen LogP contribution in [0.15, 0.2) is 18.2 Å². The predicted octanol–water partition coefficient (Wildman–Crippen LogP) is 0.504. The van der Waals surface area contributed by atoms with Crippen molar-refractivity contribution in [2.24, 2.45) is 5.73 Å². The van der Waals surface area contributed by atoms with Gasteiger partial charge in [0.25, 0.3) is 0 Å². The van der Waals surface area contributed by atoms with Crippen molar-refractivity contribution in [2.75, 3.05) is 44.3 Å². The van der Waals surface area contributed by atoms with E-state index >= 15 is 0 Å². The number of hydrogen-bond acceptors (Lipinski definition) is 4. The van der Waals surface area contributed by atoms with Gasteiger partial charge in [-0.05, 0) is 12.1 Å². The summed E-state index contributed by atoms with van der Waals surface area (Å²) in [7, 11) is 0. The lowest BCUT2D eigenvalue weighted by Crippen LogP contribution is -2.43. The van der Waals surface area contributed by atoms with Crippen LogP contribution in [0.1, 0.15) is 11.6 Å². The maximum Gasteiger partial charge on any atom is 0.248 e. The van der Waals surface area contributed by atoms with Crippen molar-refractivity contribution in [1.29, 1.82) is 0 Å². The number of rotatable bonds is 3. The number of carbonyl (C=O) groups is 1. The van der Waals surface area contributed by atoms with Crippen molar-refractivity contribution in [3.05, 3.63) is 29.6 Å². The van der Waals surface area contributed by atoms with E-state index in [1.807, 2.05) is 0 Å². The van der Waals surface area contributed by atoms with E-state index in [1.54, 1.807) is 11.0 Å². The number of nitrogens with zero attached hydrogens (tertiary/aromatic N) is 2. The van der Waals surface area contributed by atoms with E-state index in [2.05, 4.69) is 4.90 Å². The van der Waals surface area contributed by atoms with Crippen LogP contribution in [0.25, 0.3) is 0 Å². The van der Waals surface area contributed by atoms with Crippen LogP contribution in [0.4, 0.5) is 10.1 Å². The summed E-state index contributed by atoms with van der Waals surface area (Å²) in [4.78, 5) is 16.0. The average molecular weight is 279 g/mol. The lowest BCUT2D eigenvalue weighted by atomic mass is 10.1. The topological polar surface area (TPSA) is 58.8 Å². The molecule has 0 bridgehead atoms. The van der Waals surface area contributed by atoms with Crippen molar-refractivity contribution in [2.45, 2.75) is 6.04 Å². The third kappa shape index (κ3) is 2.42. The Labute approximate surface area is 117 Å². The van der Waals surface area contributed by atoms with Gasteiger partial charge in [-0.3, -0.25) is 9.69 Å². The molecule has 1 aromatic carbocycles. The third-order valence-corrected chi connectivity index (χ3v) is 3.89. The van der Waals surface area contributed by atoms with E-state index in [0.717, 1.165) is 32.8 Å².